The Morgan fingerprint density at radius 2 is 1.48 bits per heavy atom. The van der Waals surface area contributed by atoms with Gasteiger partial charge in [-0.15, -0.1) is 0 Å². The molecule has 0 bridgehead atoms. The van der Waals surface area contributed by atoms with Crippen molar-refractivity contribution in [3.05, 3.63) is 46.5 Å². The Kier molecular flexibility index (Phi) is 12.0. The van der Waals surface area contributed by atoms with Gasteiger partial charge in [0.2, 0.25) is 5.91 Å². The second-order valence-electron chi connectivity index (χ2n) is 24.7. The van der Waals surface area contributed by atoms with Crippen molar-refractivity contribution in [2.75, 3.05) is 24.6 Å². The lowest BCUT2D eigenvalue weighted by Crippen LogP contribution is -2.68. The van der Waals surface area contributed by atoms with Crippen LogP contribution in [0.15, 0.2) is 35.4 Å². The summed E-state index contributed by atoms with van der Waals surface area (Å²) in [5.74, 6) is -1.50. The summed E-state index contributed by atoms with van der Waals surface area (Å²) in [6, 6.07) is 7.24. The fraction of sp³-hybridized carbons (Fsp3) is 0.755. The van der Waals surface area contributed by atoms with E-state index in [9.17, 15) is 37.5 Å². The molecule has 6 fully saturated rings. The Labute approximate surface area is 393 Å². The van der Waals surface area contributed by atoms with Gasteiger partial charge >= 0.3 is 11.9 Å². The maximum atomic E-state index is 14.6. The van der Waals surface area contributed by atoms with Gasteiger partial charge in [-0.25, -0.2) is 8.42 Å². The van der Waals surface area contributed by atoms with Gasteiger partial charge in [0.1, 0.15) is 11.6 Å². The molecule has 1 aliphatic heterocycles. The number of nitrogens with zero attached hydrogens (tertiary/aromatic N) is 1. The van der Waals surface area contributed by atoms with E-state index in [-0.39, 0.29) is 81.1 Å². The molecule has 1 aromatic rings. The number of carbonyl (C=O) groups is 5. The first-order valence-electron chi connectivity index (χ1n) is 24.9. The van der Waals surface area contributed by atoms with Gasteiger partial charge in [-0.3, -0.25) is 28.9 Å². The summed E-state index contributed by atoms with van der Waals surface area (Å²) in [5.41, 5.74) is 0.187. The number of nitrogens with one attached hydrogen (secondary N) is 2. The van der Waals surface area contributed by atoms with Gasteiger partial charge in [0, 0.05) is 37.0 Å². The van der Waals surface area contributed by atoms with Crippen molar-refractivity contribution in [1.29, 1.82) is 0 Å². The number of amides is 2. The summed E-state index contributed by atoms with van der Waals surface area (Å²) in [5, 5.41) is 16.2. The Balaban J connectivity index is 0.981. The number of rotatable bonds is 10. The number of fused-ring (bicyclic) bond motifs is 7. The van der Waals surface area contributed by atoms with E-state index in [0.717, 1.165) is 61.7 Å². The summed E-state index contributed by atoms with van der Waals surface area (Å²) < 4.78 is 30.2. The zero-order valence-corrected chi connectivity index (χ0v) is 42.3. The van der Waals surface area contributed by atoms with Crippen LogP contribution in [0.3, 0.4) is 0 Å². The van der Waals surface area contributed by atoms with Crippen LogP contribution in [-0.4, -0.2) is 89.7 Å². The van der Waals surface area contributed by atoms with Gasteiger partial charge in [0.15, 0.2) is 15.6 Å². The maximum Gasteiger partial charge on any atom is 0.309 e. The van der Waals surface area contributed by atoms with Crippen LogP contribution in [0.5, 0.6) is 0 Å². The fourth-order valence-corrected chi connectivity index (χ4v) is 16.9. The van der Waals surface area contributed by atoms with E-state index in [1.54, 1.807) is 26.0 Å². The molecule has 1 heterocycles. The predicted octanol–water partition coefficient (Wildman–Crippen LogP) is 7.93. The molecular formula is C53H77N3O9S. The van der Waals surface area contributed by atoms with Crippen LogP contribution in [-0.2, 0) is 40.3 Å². The number of hydrogen-bond acceptors (Lipinski definition) is 9. The van der Waals surface area contributed by atoms with E-state index in [0.29, 0.717) is 49.9 Å². The highest BCUT2D eigenvalue weighted by Gasteiger charge is 2.71. The van der Waals surface area contributed by atoms with Crippen molar-refractivity contribution in [1.82, 2.24) is 15.5 Å². The van der Waals surface area contributed by atoms with Crippen LogP contribution in [0, 0.1) is 62.6 Å². The van der Waals surface area contributed by atoms with Crippen molar-refractivity contribution >= 4 is 39.4 Å². The summed E-state index contributed by atoms with van der Waals surface area (Å²) in [4.78, 5) is 70.2. The molecule has 5 saturated carbocycles. The molecule has 66 heavy (non-hydrogen) atoms. The normalized spacial score (nSPS) is 37.9. The van der Waals surface area contributed by atoms with Gasteiger partial charge in [-0.2, -0.15) is 0 Å². The van der Waals surface area contributed by atoms with E-state index in [1.807, 2.05) is 26.0 Å². The second-order valence-corrected chi connectivity index (χ2v) is 27.0. The van der Waals surface area contributed by atoms with Crippen molar-refractivity contribution < 1.29 is 42.2 Å². The molecule has 10 atom stereocenters. The number of allylic oxidation sites excluding steroid dienone is 1. The number of ketones is 1. The first-order chi connectivity index (χ1) is 30.5. The zero-order valence-electron chi connectivity index (χ0n) is 41.5. The summed E-state index contributed by atoms with van der Waals surface area (Å²) >= 11 is 0. The highest BCUT2D eigenvalue weighted by molar-refractivity contribution is 7.91. The third-order valence-electron chi connectivity index (χ3n) is 19.9. The lowest BCUT2D eigenvalue weighted by atomic mass is 9.33. The van der Waals surface area contributed by atoms with Crippen molar-refractivity contribution in [3.8, 4) is 0 Å². The summed E-state index contributed by atoms with van der Waals surface area (Å²) in [6.07, 6.45) is 7.48. The average molecular weight is 932 g/mol. The second kappa shape index (κ2) is 16.3. The number of sulfone groups is 1. The Morgan fingerprint density at radius 3 is 2.09 bits per heavy atom. The van der Waals surface area contributed by atoms with Crippen molar-refractivity contribution in [3.63, 3.8) is 0 Å². The quantitative estimate of drug-likeness (QED) is 0.195. The molecule has 12 nitrogen and oxygen atoms in total. The molecule has 1 aromatic carbocycles. The minimum Gasteiger partial charge on any atom is -0.481 e. The van der Waals surface area contributed by atoms with Crippen LogP contribution in [0.1, 0.15) is 156 Å². The lowest BCUT2D eigenvalue weighted by molar-refractivity contribution is -0.235. The third kappa shape index (κ3) is 7.70. The molecule has 7 aliphatic rings. The molecule has 13 heteroatoms. The minimum absolute atomic E-state index is 0.00227. The van der Waals surface area contributed by atoms with E-state index in [4.69, 9.17) is 4.74 Å². The summed E-state index contributed by atoms with van der Waals surface area (Å²) in [7, 11) is -2.98. The highest BCUT2D eigenvalue weighted by Crippen LogP contribution is 2.76. The van der Waals surface area contributed by atoms with Crippen LogP contribution in [0.2, 0.25) is 0 Å². The maximum absolute atomic E-state index is 14.6. The van der Waals surface area contributed by atoms with Crippen molar-refractivity contribution in [2.45, 2.75) is 164 Å². The van der Waals surface area contributed by atoms with Crippen molar-refractivity contribution in [2.24, 2.45) is 62.6 Å². The van der Waals surface area contributed by atoms with Crippen LogP contribution in [0.4, 0.5) is 0 Å². The molecule has 6 aliphatic carbocycles. The number of carboxylic acid groups (broad SMARTS) is 1. The molecule has 1 saturated heterocycles. The highest BCUT2D eigenvalue weighted by atomic mass is 32.2. The molecule has 364 valence electrons. The summed E-state index contributed by atoms with van der Waals surface area (Å²) in [6.45, 7) is 25.0. The first kappa shape index (κ1) is 48.9. The molecule has 3 N–H and O–H groups in total. The Hall–Kier alpha value is -3.58. The van der Waals surface area contributed by atoms with Crippen LogP contribution < -0.4 is 10.6 Å². The third-order valence-corrected chi connectivity index (χ3v) is 21.5. The molecule has 0 radical (unpaired) electrons. The van der Waals surface area contributed by atoms with Crippen LogP contribution >= 0.6 is 0 Å². The largest absolute Gasteiger partial charge is 0.481 e. The molecule has 8 rings (SSSR count). The number of Topliss-reactive ketones (excluding diaryl/α,β-unsaturated/α-hetero) is 1. The van der Waals surface area contributed by atoms with Gasteiger partial charge in [0.05, 0.1) is 28.9 Å². The standard InChI is InChI=1S/C53H77N3O9S/c1-31(2)41-37(57)29-53(55-46(62)49(7,8)54-43(58)33-14-12-32(13-15-33)30-56-24-26-66(63,64)27-25-56)23-22-51(10)34(42(41)53)16-17-39-50(9)20-19-40(48(5,6)38(50)18-21-52(39,51)11)65-45(61)36-28-35(44(59)60)47(36,3)4/h12-15,31,34-36,38-40H,16-30H2,1-11H3,(H,54,58)(H,55,62)(H,59,60)/t34-,35+,36-,38?,39-,40+,50+,51-,52-,53-/m1/s1. The minimum atomic E-state index is -2.98. The predicted molar refractivity (Wildman–Crippen MR) is 253 cm³/mol. The molecule has 0 aromatic heterocycles. The topological polar surface area (TPSA) is 176 Å². The number of hydrogen-bond donors (Lipinski definition) is 3. The van der Waals surface area contributed by atoms with Gasteiger partial charge in [0.25, 0.3) is 5.91 Å². The molecular weight excluding hydrogens is 855 g/mol. The zero-order chi connectivity index (χ0) is 48.4. The Morgan fingerprint density at radius 1 is 0.833 bits per heavy atom. The number of benzene rings is 1. The van der Waals surface area contributed by atoms with E-state index < -0.39 is 44.1 Å². The van der Waals surface area contributed by atoms with E-state index in [1.165, 1.54) is 0 Å². The van der Waals surface area contributed by atoms with E-state index >= 15 is 0 Å². The smallest absolute Gasteiger partial charge is 0.309 e. The fourth-order valence-electron chi connectivity index (χ4n) is 15.6. The number of ether oxygens (including phenoxy) is 1. The first-order valence-corrected chi connectivity index (χ1v) is 26.7. The van der Waals surface area contributed by atoms with E-state index in [2.05, 4.69) is 64.0 Å². The van der Waals surface area contributed by atoms with Gasteiger partial charge in [-0.1, -0.05) is 74.4 Å². The molecule has 0 spiro atoms. The lowest BCUT2D eigenvalue weighted by Gasteiger charge is -2.72. The number of carbonyl (C=O) groups excluding carboxylic acids is 4. The number of aliphatic carboxylic acids is 1. The SMILES string of the molecule is CC(C)C1=C2[C@H]3CC[C@@H]4[C@@]5(C)CC[C@H](OC(=O)[C@H]6C[C@@H](C(=O)O)C6(C)C)C(C)(C)C5CC[C@@]4(C)[C@]3(C)CC[C@@]2(NC(=O)C(C)(C)NC(=O)c2ccc(CN3CCS(=O)(=O)CC3)cc2)CC1=O. The molecule has 2 amide bonds. The average Bonchev–Trinajstić information content (AvgIpc) is 3.51. The van der Waals surface area contributed by atoms with Gasteiger partial charge < -0.3 is 20.5 Å². The van der Waals surface area contributed by atoms with Gasteiger partial charge in [-0.05, 0) is 146 Å². The monoisotopic (exact) mass is 932 g/mol. The van der Waals surface area contributed by atoms with Crippen LogP contribution in [0.25, 0.3) is 0 Å². The number of carboxylic acids is 1. The Bertz CT molecular complexity index is 2320. The molecule has 1 unspecified atom stereocenters. The number of esters is 1.